The van der Waals surface area contributed by atoms with Crippen molar-refractivity contribution < 1.29 is 8.42 Å². The van der Waals surface area contributed by atoms with Crippen LogP contribution in [-0.4, -0.2) is 28.2 Å². The van der Waals surface area contributed by atoms with Crippen molar-refractivity contribution in [2.45, 2.75) is 25.4 Å². The van der Waals surface area contributed by atoms with Gasteiger partial charge >= 0.3 is 0 Å². The highest BCUT2D eigenvalue weighted by Gasteiger charge is 2.19. The van der Waals surface area contributed by atoms with Crippen molar-refractivity contribution in [1.29, 1.82) is 0 Å². The van der Waals surface area contributed by atoms with Crippen molar-refractivity contribution in [3.63, 3.8) is 0 Å². The third-order valence-corrected chi connectivity index (χ3v) is 3.55. The highest BCUT2D eigenvalue weighted by atomic mass is 32.2. The van der Waals surface area contributed by atoms with Crippen LogP contribution in [0.5, 0.6) is 0 Å². The fraction of sp³-hybridized carbons (Fsp3) is 0.333. The Morgan fingerprint density at radius 2 is 2.29 bits per heavy atom. The number of aryl methyl sites for hydroxylation is 2. The summed E-state index contributed by atoms with van der Waals surface area (Å²) in [5.41, 5.74) is 0. The average molecular weight is 255 g/mol. The number of rotatable bonds is 4. The average Bonchev–Trinajstić information content (AvgIpc) is 2.87. The molecule has 2 rings (SSSR count). The Morgan fingerprint density at radius 1 is 1.53 bits per heavy atom. The van der Waals surface area contributed by atoms with Crippen LogP contribution in [0.4, 0.5) is 5.82 Å². The second-order valence-corrected chi connectivity index (χ2v) is 5.12. The second-order valence-electron chi connectivity index (χ2n) is 3.49. The molecule has 92 valence electrons. The fourth-order valence-corrected chi connectivity index (χ4v) is 2.46. The lowest BCUT2D eigenvalue weighted by Crippen LogP contribution is -2.13. The molecule has 0 aromatic carbocycles. The topological polar surface area (TPSA) is 92.7 Å². The molecule has 17 heavy (non-hydrogen) atoms. The summed E-state index contributed by atoms with van der Waals surface area (Å²) in [6.07, 6.45) is 2.97. The molecule has 2 N–H and O–H groups in total. The van der Waals surface area contributed by atoms with Gasteiger partial charge in [0.05, 0.1) is 6.20 Å². The summed E-state index contributed by atoms with van der Waals surface area (Å²) < 4.78 is 28.0. The quantitative estimate of drug-likeness (QED) is 0.842. The molecule has 8 heteroatoms. The summed E-state index contributed by atoms with van der Waals surface area (Å²) in [6, 6.07) is 1.53. The third kappa shape index (κ3) is 2.31. The molecule has 0 aliphatic heterocycles. The predicted octanol–water partition coefficient (Wildman–Crippen LogP) is 0.735. The van der Waals surface area contributed by atoms with Gasteiger partial charge in [0.25, 0.3) is 10.0 Å². The number of aromatic nitrogens is 4. The molecule has 0 amide bonds. The molecule has 0 unspecified atom stereocenters. The van der Waals surface area contributed by atoms with Gasteiger partial charge in [-0.15, -0.1) is 0 Å². The van der Waals surface area contributed by atoms with Gasteiger partial charge in [0.1, 0.15) is 11.6 Å². The lowest BCUT2D eigenvalue weighted by atomic mass is 10.6. The molecular formula is C9H13N5O2S. The maximum absolute atomic E-state index is 11.9. The molecule has 0 spiro atoms. The maximum atomic E-state index is 11.9. The number of aromatic amines is 1. The Hall–Kier alpha value is -1.83. The van der Waals surface area contributed by atoms with Gasteiger partial charge in [-0.3, -0.25) is 9.82 Å². The van der Waals surface area contributed by atoms with Crippen molar-refractivity contribution in [1.82, 2.24) is 19.7 Å². The first-order chi connectivity index (χ1) is 8.03. The maximum Gasteiger partial charge on any atom is 0.282 e. The highest BCUT2D eigenvalue weighted by Crippen LogP contribution is 2.13. The normalized spacial score (nSPS) is 11.6. The predicted molar refractivity (Wildman–Crippen MR) is 62.0 cm³/mol. The van der Waals surface area contributed by atoms with E-state index in [-0.39, 0.29) is 5.03 Å². The van der Waals surface area contributed by atoms with E-state index < -0.39 is 10.0 Å². The summed E-state index contributed by atoms with van der Waals surface area (Å²) >= 11 is 0. The van der Waals surface area contributed by atoms with E-state index in [2.05, 4.69) is 19.9 Å². The molecular weight excluding hydrogens is 242 g/mol. The minimum atomic E-state index is -3.65. The first kappa shape index (κ1) is 11.6. The molecule has 0 fully saturated rings. The molecule has 2 heterocycles. The van der Waals surface area contributed by atoms with E-state index >= 15 is 0 Å². The number of nitrogens with one attached hydrogen (secondary N) is 2. The molecule has 0 atom stereocenters. The van der Waals surface area contributed by atoms with E-state index in [4.69, 9.17) is 0 Å². The zero-order chi connectivity index (χ0) is 12.5. The molecule has 2 aromatic rings. The van der Waals surface area contributed by atoms with E-state index in [1.807, 2.05) is 6.92 Å². The zero-order valence-electron chi connectivity index (χ0n) is 9.51. The van der Waals surface area contributed by atoms with E-state index in [1.165, 1.54) is 18.5 Å². The molecule has 0 aliphatic rings. The Kier molecular flexibility index (Phi) is 2.88. The smallest absolute Gasteiger partial charge is 0.282 e. The molecule has 7 nitrogen and oxygen atoms in total. The summed E-state index contributed by atoms with van der Waals surface area (Å²) in [6.45, 7) is 4.37. The van der Waals surface area contributed by atoms with Gasteiger partial charge in [-0.05, 0) is 13.8 Å². The first-order valence-electron chi connectivity index (χ1n) is 5.09. The number of H-pyrrole nitrogens is 1. The van der Waals surface area contributed by atoms with E-state index in [0.717, 1.165) is 0 Å². The number of hydrogen-bond acceptors (Lipinski definition) is 4. The number of hydrogen-bond donors (Lipinski definition) is 2. The van der Waals surface area contributed by atoms with Crippen LogP contribution in [0, 0.1) is 6.92 Å². The Bertz CT molecular complexity index is 599. The van der Waals surface area contributed by atoms with E-state index in [1.54, 1.807) is 11.5 Å². The largest absolute Gasteiger partial charge is 0.334 e. The van der Waals surface area contributed by atoms with Crippen molar-refractivity contribution in [3.05, 3.63) is 24.3 Å². The highest BCUT2D eigenvalue weighted by molar-refractivity contribution is 7.92. The molecule has 0 radical (unpaired) electrons. The van der Waals surface area contributed by atoms with Gasteiger partial charge in [0.2, 0.25) is 0 Å². The molecule has 0 saturated heterocycles. The Morgan fingerprint density at radius 3 is 2.82 bits per heavy atom. The van der Waals surface area contributed by atoms with E-state index in [9.17, 15) is 8.42 Å². The molecule has 0 aliphatic carbocycles. The minimum absolute atomic E-state index is 0.00597. The van der Waals surface area contributed by atoms with Crippen LogP contribution in [-0.2, 0) is 16.6 Å². The van der Waals surface area contributed by atoms with Gasteiger partial charge < -0.3 is 4.57 Å². The van der Waals surface area contributed by atoms with Crippen LogP contribution in [0.1, 0.15) is 12.7 Å². The summed E-state index contributed by atoms with van der Waals surface area (Å²) in [5, 5.41) is 6.19. The molecule has 0 saturated carbocycles. The van der Waals surface area contributed by atoms with Crippen molar-refractivity contribution in [3.8, 4) is 0 Å². The van der Waals surface area contributed by atoms with Crippen molar-refractivity contribution in [2.75, 3.05) is 4.72 Å². The number of sulfonamides is 1. The number of nitrogens with zero attached hydrogens (tertiary/aromatic N) is 3. The third-order valence-electron chi connectivity index (χ3n) is 2.32. The molecule has 0 bridgehead atoms. The van der Waals surface area contributed by atoms with Gasteiger partial charge in [-0.1, -0.05) is 0 Å². The summed E-state index contributed by atoms with van der Waals surface area (Å²) in [7, 11) is -3.65. The van der Waals surface area contributed by atoms with Crippen molar-refractivity contribution >= 4 is 15.8 Å². The zero-order valence-corrected chi connectivity index (χ0v) is 10.3. The summed E-state index contributed by atoms with van der Waals surface area (Å²) in [4.78, 5) is 4.01. The number of imidazole rings is 1. The van der Waals surface area contributed by atoms with E-state index in [0.29, 0.717) is 18.2 Å². The standard InChI is InChI=1S/C9H13N5O2S/c1-3-14-6-9(11-7(14)2)17(15,16)13-8-4-5-10-12-8/h4-6H,3H2,1-2H3,(H2,10,12,13). The van der Waals surface area contributed by atoms with Crippen LogP contribution in [0.2, 0.25) is 0 Å². The second kappa shape index (κ2) is 4.21. The van der Waals surface area contributed by atoms with Crippen molar-refractivity contribution in [2.24, 2.45) is 0 Å². The van der Waals surface area contributed by atoms with Crippen LogP contribution >= 0.6 is 0 Å². The molecule has 2 aromatic heterocycles. The first-order valence-corrected chi connectivity index (χ1v) is 6.57. The van der Waals surface area contributed by atoms with Gasteiger partial charge in [0, 0.05) is 18.8 Å². The SMILES string of the molecule is CCn1cc(S(=O)(=O)Nc2ccn[nH]2)nc1C. The lowest BCUT2D eigenvalue weighted by Gasteiger charge is -2.01. The van der Waals surface area contributed by atoms with Gasteiger partial charge in [0.15, 0.2) is 5.03 Å². The lowest BCUT2D eigenvalue weighted by molar-refractivity contribution is 0.597. The van der Waals surface area contributed by atoms with Crippen LogP contribution in [0.15, 0.2) is 23.5 Å². The van der Waals surface area contributed by atoms with Crippen LogP contribution in [0.25, 0.3) is 0 Å². The Balaban J connectivity index is 2.31. The Labute approximate surface area is 98.9 Å². The van der Waals surface area contributed by atoms with Gasteiger partial charge in [-0.25, -0.2) is 4.98 Å². The minimum Gasteiger partial charge on any atom is -0.334 e. The number of anilines is 1. The monoisotopic (exact) mass is 255 g/mol. The van der Waals surface area contributed by atoms with Crippen LogP contribution < -0.4 is 4.72 Å². The van der Waals surface area contributed by atoms with Gasteiger partial charge in [-0.2, -0.15) is 13.5 Å². The summed E-state index contributed by atoms with van der Waals surface area (Å²) in [5.74, 6) is 0.978. The fourth-order valence-electron chi connectivity index (χ4n) is 1.44. The van der Waals surface area contributed by atoms with Crippen LogP contribution in [0.3, 0.4) is 0 Å².